The summed E-state index contributed by atoms with van der Waals surface area (Å²) in [6.45, 7) is 3.54. The zero-order valence-electron chi connectivity index (χ0n) is 10.9. The van der Waals surface area contributed by atoms with Gasteiger partial charge in [-0.25, -0.2) is 8.78 Å². The number of nitrogens with zero attached hydrogens (tertiary/aromatic N) is 1. The first-order valence-electron chi connectivity index (χ1n) is 6.69. The van der Waals surface area contributed by atoms with Crippen LogP contribution >= 0.6 is 0 Å². The van der Waals surface area contributed by atoms with E-state index in [-0.39, 0.29) is 5.56 Å². The third kappa shape index (κ3) is 4.35. The summed E-state index contributed by atoms with van der Waals surface area (Å²) in [6.07, 6.45) is 1.24. The molecule has 1 aliphatic heterocycles. The molecule has 1 saturated heterocycles. The zero-order valence-corrected chi connectivity index (χ0v) is 10.9. The SMILES string of the molecule is Nc1cc(OCCN2CCCCC2)cc(C(F)F)c1. The zero-order chi connectivity index (χ0) is 13.7. The number of rotatable bonds is 5. The van der Waals surface area contributed by atoms with Crippen molar-refractivity contribution in [2.24, 2.45) is 0 Å². The van der Waals surface area contributed by atoms with Gasteiger partial charge in [-0.3, -0.25) is 4.90 Å². The molecule has 0 radical (unpaired) electrons. The van der Waals surface area contributed by atoms with Gasteiger partial charge in [-0.2, -0.15) is 0 Å². The van der Waals surface area contributed by atoms with E-state index in [2.05, 4.69) is 4.90 Å². The molecule has 1 fully saturated rings. The number of nitrogens with two attached hydrogens (primary N) is 1. The molecule has 0 unspecified atom stereocenters. The maximum Gasteiger partial charge on any atom is 0.264 e. The molecule has 1 aromatic carbocycles. The highest BCUT2D eigenvalue weighted by Crippen LogP contribution is 2.26. The van der Waals surface area contributed by atoms with Gasteiger partial charge in [0.2, 0.25) is 0 Å². The predicted molar refractivity (Wildman–Crippen MR) is 71.6 cm³/mol. The Hall–Kier alpha value is -1.36. The van der Waals surface area contributed by atoms with Crippen LogP contribution < -0.4 is 10.5 Å². The van der Waals surface area contributed by atoms with Crippen molar-refractivity contribution in [2.75, 3.05) is 32.0 Å². The lowest BCUT2D eigenvalue weighted by Crippen LogP contribution is -2.33. The van der Waals surface area contributed by atoms with Gasteiger partial charge < -0.3 is 10.5 Å². The number of nitrogen functional groups attached to an aromatic ring is 1. The number of hydrogen-bond donors (Lipinski definition) is 1. The van der Waals surface area contributed by atoms with Crippen molar-refractivity contribution in [3.05, 3.63) is 23.8 Å². The molecule has 1 aromatic rings. The summed E-state index contributed by atoms with van der Waals surface area (Å²) in [5.41, 5.74) is 5.81. The summed E-state index contributed by atoms with van der Waals surface area (Å²) in [7, 11) is 0. The van der Waals surface area contributed by atoms with E-state index in [0.717, 1.165) is 19.6 Å². The van der Waals surface area contributed by atoms with Crippen LogP contribution in [0.25, 0.3) is 0 Å². The molecule has 1 aliphatic rings. The van der Waals surface area contributed by atoms with E-state index < -0.39 is 6.43 Å². The standard InChI is InChI=1S/C14H20F2N2O/c15-14(16)11-8-12(17)10-13(9-11)19-7-6-18-4-2-1-3-5-18/h8-10,14H,1-7,17H2. The first-order chi connectivity index (χ1) is 9.15. The second-order valence-corrected chi connectivity index (χ2v) is 4.89. The lowest BCUT2D eigenvalue weighted by molar-refractivity contribution is 0.150. The van der Waals surface area contributed by atoms with Gasteiger partial charge in [0, 0.05) is 23.9 Å². The van der Waals surface area contributed by atoms with Gasteiger partial charge in [-0.05, 0) is 38.1 Å². The molecule has 2 N–H and O–H groups in total. The quantitative estimate of drug-likeness (QED) is 0.836. The predicted octanol–water partition coefficient (Wildman–Crippen LogP) is 3.07. The molecule has 0 spiro atoms. The Labute approximate surface area is 112 Å². The molecule has 0 aliphatic carbocycles. The van der Waals surface area contributed by atoms with E-state index in [1.54, 1.807) is 6.07 Å². The summed E-state index contributed by atoms with van der Waals surface area (Å²) in [5.74, 6) is 0.423. The van der Waals surface area contributed by atoms with Crippen molar-refractivity contribution in [3.8, 4) is 5.75 Å². The van der Waals surface area contributed by atoms with Crippen LogP contribution in [0.3, 0.4) is 0 Å². The molecule has 2 rings (SSSR count). The third-order valence-corrected chi connectivity index (χ3v) is 3.33. The van der Waals surface area contributed by atoms with Crippen molar-refractivity contribution >= 4 is 5.69 Å². The lowest BCUT2D eigenvalue weighted by atomic mass is 10.1. The molecule has 0 amide bonds. The fraction of sp³-hybridized carbons (Fsp3) is 0.571. The molecular weight excluding hydrogens is 250 g/mol. The maximum absolute atomic E-state index is 12.6. The van der Waals surface area contributed by atoms with Gasteiger partial charge in [0.05, 0.1) is 0 Å². The Morgan fingerprint density at radius 1 is 1.16 bits per heavy atom. The molecule has 5 heteroatoms. The van der Waals surface area contributed by atoms with Crippen LogP contribution in [0.5, 0.6) is 5.75 Å². The Balaban J connectivity index is 1.84. The van der Waals surface area contributed by atoms with E-state index in [4.69, 9.17) is 10.5 Å². The van der Waals surface area contributed by atoms with Crippen LogP contribution in [0, 0.1) is 0 Å². The van der Waals surface area contributed by atoms with Gasteiger partial charge in [-0.15, -0.1) is 0 Å². The molecule has 0 aromatic heterocycles. The van der Waals surface area contributed by atoms with Gasteiger partial charge in [-0.1, -0.05) is 6.42 Å². The Bertz CT molecular complexity index is 406. The van der Waals surface area contributed by atoms with Crippen molar-refractivity contribution in [2.45, 2.75) is 25.7 Å². The smallest absolute Gasteiger partial charge is 0.264 e. The van der Waals surface area contributed by atoms with Gasteiger partial charge in [0.25, 0.3) is 6.43 Å². The van der Waals surface area contributed by atoms with Crippen LogP contribution in [0.4, 0.5) is 14.5 Å². The number of piperidine rings is 1. The summed E-state index contributed by atoms with van der Waals surface area (Å²) in [6, 6.07) is 4.22. The van der Waals surface area contributed by atoms with Crippen molar-refractivity contribution in [1.29, 1.82) is 0 Å². The van der Waals surface area contributed by atoms with Crippen molar-refractivity contribution in [1.82, 2.24) is 4.90 Å². The van der Waals surface area contributed by atoms with E-state index in [0.29, 0.717) is 18.0 Å². The van der Waals surface area contributed by atoms with Crippen LogP contribution in [0.1, 0.15) is 31.3 Å². The van der Waals surface area contributed by atoms with Gasteiger partial charge in [0.1, 0.15) is 12.4 Å². The monoisotopic (exact) mass is 270 g/mol. The second-order valence-electron chi connectivity index (χ2n) is 4.89. The minimum absolute atomic E-state index is 0.0898. The molecule has 19 heavy (non-hydrogen) atoms. The molecule has 3 nitrogen and oxygen atoms in total. The average Bonchev–Trinajstić information content (AvgIpc) is 2.39. The molecule has 1 heterocycles. The normalized spacial score (nSPS) is 16.8. The number of alkyl halides is 2. The number of benzene rings is 1. The van der Waals surface area contributed by atoms with E-state index in [1.165, 1.54) is 31.4 Å². The third-order valence-electron chi connectivity index (χ3n) is 3.33. The second kappa shape index (κ2) is 6.70. The number of hydrogen-bond acceptors (Lipinski definition) is 3. The van der Waals surface area contributed by atoms with Crippen LogP contribution in [-0.2, 0) is 0 Å². The van der Waals surface area contributed by atoms with Crippen LogP contribution in [-0.4, -0.2) is 31.1 Å². The Morgan fingerprint density at radius 3 is 2.58 bits per heavy atom. The summed E-state index contributed by atoms with van der Waals surface area (Å²) in [4.78, 5) is 2.34. The topological polar surface area (TPSA) is 38.5 Å². The van der Waals surface area contributed by atoms with E-state index in [1.807, 2.05) is 0 Å². The van der Waals surface area contributed by atoms with Crippen LogP contribution in [0.15, 0.2) is 18.2 Å². The van der Waals surface area contributed by atoms with Gasteiger partial charge >= 0.3 is 0 Å². The highest BCUT2D eigenvalue weighted by Gasteiger charge is 2.11. The largest absolute Gasteiger partial charge is 0.492 e. The molecule has 0 bridgehead atoms. The summed E-state index contributed by atoms with van der Waals surface area (Å²) < 4.78 is 30.8. The van der Waals surface area contributed by atoms with E-state index >= 15 is 0 Å². The molecule has 106 valence electrons. The van der Waals surface area contributed by atoms with Gasteiger partial charge in [0.15, 0.2) is 0 Å². The maximum atomic E-state index is 12.6. The fourth-order valence-electron chi connectivity index (χ4n) is 2.33. The molecule has 0 atom stereocenters. The van der Waals surface area contributed by atoms with Crippen molar-refractivity contribution in [3.63, 3.8) is 0 Å². The highest BCUT2D eigenvalue weighted by atomic mass is 19.3. The molecule has 0 saturated carbocycles. The van der Waals surface area contributed by atoms with E-state index in [9.17, 15) is 8.78 Å². The number of ether oxygens (including phenoxy) is 1. The first kappa shape index (κ1) is 14.1. The fourth-order valence-corrected chi connectivity index (χ4v) is 2.33. The number of likely N-dealkylation sites (tertiary alicyclic amines) is 1. The lowest BCUT2D eigenvalue weighted by Gasteiger charge is -2.26. The minimum Gasteiger partial charge on any atom is -0.492 e. The summed E-state index contributed by atoms with van der Waals surface area (Å²) in [5, 5.41) is 0. The Kier molecular flexibility index (Phi) is 4.96. The highest BCUT2D eigenvalue weighted by molar-refractivity contribution is 5.47. The van der Waals surface area contributed by atoms with Crippen molar-refractivity contribution < 1.29 is 13.5 Å². The first-order valence-corrected chi connectivity index (χ1v) is 6.69. The summed E-state index contributed by atoms with van der Waals surface area (Å²) >= 11 is 0. The Morgan fingerprint density at radius 2 is 1.89 bits per heavy atom. The van der Waals surface area contributed by atoms with Crippen LogP contribution in [0.2, 0.25) is 0 Å². The average molecular weight is 270 g/mol. The number of halogens is 2. The molecular formula is C14H20F2N2O. The minimum atomic E-state index is -2.52. The number of anilines is 1.